The van der Waals surface area contributed by atoms with Gasteiger partial charge in [-0.15, -0.1) is 0 Å². The maximum Gasteiger partial charge on any atom is 0.191 e. The molecule has 0 unspecified atom stereocenters. The maximum atomic E-state index is 13.9. The molecule has 2 aromatic carbocycles. The molecule has 2 N–H and O–H groups in total. The number of rotatable bonds is 8. The summed E-state index contributed by atoms with van der Waals surface area (Å²) in [5.74, 6) is 1.37. The first-order valence-corrected chi connectivity index (χ1v) is 9.09. The Bertz CT molecular complexity index is 762. The summed E-state index contributed by atoms with van der Waals surface area (Å²) in [7, 11) is 5.52. The molecule has 0 bridgehead atoms. The number of nitrogens with zero attached hydrogens (tertiary/aromatic N) is 2. The van der Waals surface area contributed by atoms with Crippen molar-refractivity contribution in [2.24, 2.45) is 4.99 Å². The van der Waals surface area contributed by atoms with Gasteiger partial charge in [-0.2, -0.15) is 0 Å². The van der Waals surface area contributed by atoms with Gasteiger partial charge in [0.2, 0.25) is 0 Å². The number of ether oxygens (including phenoxy) is 1. The summed E-state index contributed by atoms with van der Waals surface area (Å²) >= 11 is 0. The number of hydrogen-bond acceptors (Lipinski definition) is 3. The fourth-order valence-corrected chi connectivity index (χ4v) is 2.73. The molecule has 146 valence electrons. The minimum Gasteiger partial charge on any atom is -0.496 e. The van der Waals surface area contributed by atoms with Crippen molar-refractivity contribution < 1.29 is 9.13 Å². The minimum absolute atomic E-state index is 0.183. The number of aliphatic imine (C=N–C) groups is 1. The summed E-state index contributed by atoms with van der Waals surface area (Å²) < 4.78 is 19.3. The molecule has 2 aromatic rings. The predicted octanol–water partition coefficient (Wildman–Crippen LogP) is 3.15. The Morgan fingerprint density at radius 1 is 1.11 bits per heavy atom. The largest absolute Gasteiger partial charge is 0.496 e. The molecule has 0 saturated heterocycles. The Hall–Kier alpha value is -2.60. The second-order valence-corrected chi connectivity index (χ2v) is 6.52. The molecule has 0 aliphatic rings. The summed E-state index contributed by atoms with van der Waals surface area (Å²) in [5, 5.41) is 6.55. The van der Waals surface area contributed by atoms with Crippen LogP contribution in [0, 0.1) is 5.82 Å². The molecule has 0 saturated carbocycles. The fraction of sp³-hybridized carbons (Fsp3) is 0.381. The van der Waals surface area contributed by atoms with Crippen molar-refractivity contribution in [2.45, 2.75) is 26.6 Å². The third-order valence-electron chi connectivity index (χ3n) is 4.00. The van der Waals surface area contributed by atoms with E-state index in [1.54, 1.807) is 13.2 Å². The Labute approximate surface area is 161 Å². The van der Waals surface area contributed by atoms with E-state index in [1.165, 1.54) is 6.07 Å². The minimum atomic E-state index is -0.183. The van der Waals surface area contributed by atoms with E-state index in [-0.39, 0.29) is 5.82 Å². The molecule has 27 heavy (non-hydrogen) atoms. The number of halogens is 1. The molecule has 0 fully saturated rings. The van der Waals surface area contributed by atoms with Gasteiger partial charge in [-0.25, -0.2) is 9.38 Å². The van der Waals surface area contributed by atoms with Crippen molar-refractivity contribution in [1.82, 2.24) is 15.5 Å². The fourth-order valence-electron chi connectivity index (χ4n) is 2.73. The highest BCUT2D eigenvalue weighted by molar-refractivity contribution is 5.79. The van der Waals surface area contributed by atoms with Crippen LogP contribution in [0.25, 0.3) is 0 Å². The van der Waals surface area contributed by atoms with Crippen LogP contribution in [0.2, 0.25) is 0 Å². The highest BCUT2D eigenvalue weighted by Crippen LogP contribution is 2.17. The highest BCUT2D eigenvalue weighted by atomic mass is 19.1. The zero-order valence-corrected chi connectivity index (χ0v) is 16.6. The SMILES string of the molecule is CCNC(=NCc1ccc(F)c(CN(C)C)c1)NCc1ccccc1OC. The number of benzene rings is 2. The lowest BCUT2D eigenvalue weighted by atomic mass is 10.1. The van der Waals surface area contributed by atoms with Crippen LogP contribution in [0.3, 0.4) is 0 Å². The number of methoxy groups -OCH3 is 1. The van der Waals surface area contributed by atoms with E-state index in [4.69, 9.17) is 4.74 Å². The van der Waals surface area contributed by atoms with Crippen LogP contribution in [-0.4, -0.2) is 38.6 Å². The van der Waals surface area contributed by atoms with E-state index in [9.17, 15) is 4.39 Å². The summed E-state index contributed by atoms with van der Waals surface area (Å²) in [4.78, 5) is 6.57. The lowest BCUT2D eigenvalue weighted by molar-refractivity contribution is 0.392. The number of guanidine groups is 1. The van der Waals surface area contributed by atoms with Gasteiger partial charge in [0.1, 0.15) is 11.6 Å². The topological polar surface area (TPSA) is 48.9 Å². The molecule has 6 heteroatoms. The van der Waals surface area contributed by atoms with Crippen LogP contribution in [-0.2, 0) is 19.6 Å². The molecular weight excluding hydrogens is 343 g/mol. The molecule has 0 aliphatic carbocycles. The van der Waals surface area contributed by atoms with Crippen molar-refractivity contribution in [3.63, 3.8) is 0 Å². The van der Waals surface area contributed by atoms with Gasteiger partial charge in [0.15, 0.2) is 5.96 Å². The predicted molar refractivity (Wildman–Crippen MR) is 108 cm³/mol. The highest BCUT2D eigenvalue weighted by Gasteiger charge is 2.06. The van der Waals surface area contributed by atoms with Crippen molar-refractivity contribution in [1.29, 1.82) is 0 Å². The van der Waals surface area contributed by atoms with E-state index in [2.05, 4.69) is 15.6 Å². The third kappa shape index (κ3) is 6.57. The van der Waals surface area contributed by atoms with Gasteiger partial charge in [0, 0.05) is 30.8 Å². The molecule has 0 amide bonds. The van der Waals surface area contributed by atoms with Crippen molar-refractivity contribution in [2.75, 3.05) is 27.7 Å². The molecule has 0 atom stereocenters. The first-order valence-electron chi connectivity index (χ1n) is 9.09. The summed E-state index contributed by atoms with van der Waals surface area (Å²) in [6, 6.07) is 13.0. The third-order valence-corrected chi connectivity index (χ3v) is 4.00. The lowest BCUT2D eigenvalue weighted by Crippen LogP contribution is -2.36. The van der Waals surface area contributed by atoms with Crippen molar-refractivity contribution in [3.05, 3.63) is 65.0 Å². The van der Waals surface area contributed by atoms with Crippen LogP contribution in [0.1, 0.15) is 23.6 Å². The molecule has 0 heterocycles. The zero-order valence-electron chi connectivity index (χ0n) is 16.6. The van der Waals surface area contributed by atoms with Gasteiger partial charge in [-0.05, 0) is 44.8 Å². The number of nitrogens with one attached hydrogen (secondary N) is 2. The average Bonchev–Trinajstić information content (AvgIpc) is 2.66. The molecule has 0 aliphatic heterocycles. The molecule has 0 spiro atoms. The molecule has 0 radical (unpaired) electrons. The van der Waals surface area contributed by atoms with Gasteiger partial charge in [0.05, 0.1) is 13.7 Å². The van der Waals surface area contributed by atoms with Crippen LogP contribution in [0.5, 0.6) is 5.75 Å². The second kappa shape index (κ2) is 10.5. The Balaban J connectivity index is 2.06. The van der Waals surface area contributed by atoms with Crippen molar-refractivity contribution >= 4 is 5.96 Å². The monoisotopic (exact) mass is 372 g/mol. The second-order valence-electron chi connectivity index (χ2n) is 6.52. The number of para-hydroxylation sites is 1. The molecular formula is C21H29FN4O. The maximum absolute atomic E-state index is 13.9. The molecule has 2 rings (SSSR count). The normalized spacial score (nSPS) is 11.6. The van der Waals surface area contributed by atoms with Crippen LogP contribution >= 0.6 is 0 Å². The summed E-state index contributed by atoms with van der Waals surface area (Å²) in [6.45, 7) is 4.42. The summed E-state index contributed by atoms with van der Waals surface area (Å²) in [6.07, 6.45) is 0. The lowest BCUT2D eigenvalue weighted by Gasteiger charge is -2.14. The number of hydrogen-bond donors (Lipinski definition) is 2. The Morgan fingerprint density at radius 2 is 1.89 bits per heavy atom. The van der Waals surface area contributed by atoms with Gasteiger partial charge in [-0.1, -0.05) is 24.3 Å². The van der Waals surface area contributed by atoms with Gasteiger partial charge in [0.25, 0.3) is 0 Å². The van der Waals surface area contributed by atoms with E-state index in [1.807, 2.05) is 56.3 Å². The van der Waals surface area contributed by atoms with E-state index < -0.39 is 0 Å². The smallest absolute Gasteiger partial charge is 0.191 e. The van der Waals surface area contributed by atoms with Crippen molar-refractivity contribution in [3.8, 4) is 5.75 Å². The van der Waals surface area contributed by atoms with E-state index in [0.29, 0.717) is 31.2 Å². The van der Waals surface area contributed by atoms with Gasteiger partial charge >= 0.3 is 0 Å². The van der Waals surface area contributed by atoms with Crippen LogP contribution in [0.4, 0.5) is 4.39 Å². The Kier molecular flexibility index (Phi) is 8.07. The Morgan fingerprint density at radius 3 is 2.59 bits per heavy atom. The van der Waals surface area contributed by atoms with Crippen LogP contribution in [0.15, 0.2) is 47.5 Å². The van der Waals surface area contributed by atoms with E-state index in [0.717, 1.165) is 23.4 Å². The first-order chi connectivity index (χ1) is 13.0. The summed E-state index contributed by atoms with van der Waals surface area (Å²) in [5.41, 5.74) is 2.71. The van der Waals surface area contributed by atoms with Gasteiger partial charge < -0.3 is 20.3 Å². The van der Waals surface area contributed by atoms with Crippen LogP contribution < -0.4 is 15.4 Å². The molecule has 0 aromatic heterocycles. The first kappa shape index (κ1) is 20.7. The quantitative estimate of drug-likeness (QED) is 0.552. The van der Waals surface area contributed by atoms with Gasteiger partial charge in [-0.3, -0.25) is 0 Å². The average molecular weight is 372 g/mol. The molecule has 5 nitrogen and oxygen atoms in total. The standard InChI is InChI=1S/C21H29FN4O/c1-5-23-21(25-14-17-8-6-7-9-20(17)27-4)24-13-16-10-11-19(22)18(12-16)15-26(2)3/h6-12H,5,13-15H2,1-4H3,(H2,23,24,25). The van der Waals surface area contributed by atoms with E-state index >= 15 is 0 Å². The zero-order chi connectivity index (χ0) is 19.6.